The maximum atomic E-state index is 13.9. The van der Waals surface area contributed by atoms with E-state index < -0.39 is 11.8 Å². The highest BCUT2D eigenvalue weighted by Crippen LogP contribution is 2.30. The van der Waals surface area contributed by atoms with Crippen LogP contribution in [-0.4, -0.2) is 18.2 Å². The van der Waals surface area contributed by atoms with E-state index in [-0.39, 0.29) is 12.2 Å². The van der Waals surface area contributed by atoms with E-state index in [0.29, 0.717) is 22.6 Å². The smallest absolute Gasteiger partial charge is 0.307 e. The molecule has 0 bridgehead atoms. The second kappa shape index (κ2) is 7.70. The van der Waals surface area contributed by atoms with Crippen molar-refractivity contribution in [1.82, 2.24) is 0 Å². The van der Waals surface area contributed by atoms with Gasteiger partial charge in [0.25, 0.3) is 0 Å². The normalized spacial score (nSPS) is 10.4. The first kappa shape index (κ1) is 17.5. The highest BCUT2D eigenvalue weighted by atomic mass is 19.1. The van der Waals surface area contributed by atoms with E-state index in [2.05, 4.69) is 0 Å². The molecule has 3 aromatic rings. The van der Waals surface area contributed by atoms with Crippen molar-refractivity contribution in [2.24, 2.45) is 0 Å². The van der Waals surface area contributed by atoms with Gasteiger partial charge in [0.1, 0.15) is 11.5 Å². The van der Waals surface area contributed by atoms with E-state index in [4.69, 9.17) is 14.6 Å². The van der Waals surface area contributed by atoms with Gasteiger partial charge in [0.15, 0.2) is 11.6 Å². The van der Waals surface area contributed by atoms with Gasteiger partial charge in [-0.05, 0) is 53.1 Å². The Hall–Kier alpha value is -3.34. The number of rotatable bonds is 6. The fourth-order valence-electron chi connectivity index (χ4n) is 2.61. The van der Waals surface area contributed by atoms with E-state index >= 15 is 0 Å². The molecule has 0 fully saturated rings. The molecule has 0 saturated carbocycles. The highest BCUT2D eigenvalue weighted by molar-refractivity contribution is 5.70. The predicted octanol–water partition coefficient (Wildman–Crippen LogP) is 4.92. The number of carboxylic acids is 1. The molecule has 0 spiro atoms. The van der Waals surface area contributed by atoms with Crippen LogP contribution in [0.4, 0.5) is 4.39 Å². The molecule has 26 heavy (non-hydrogen) atoms. The standard InChI is InChI=1S/C21H17FO4/c1-25-20-9-8-16(13-19(20)22)15-5-3-7-18(12-15)26-17-6-2-4-14(10-17)11-21(23)24/h2-10,12-13H,11H2,1H3,(H,23,24). The Morgan fingerprint density at radius 3 is 2.35 bits per heavy atom. The zero-order valence-corrected chi connectivity index (χ0v) is 14.1. The van der Waals surface area contributed by atoms with E-state index in [1.807, 2.05) is 12.1 Å². The zero-order valence-electron chi connectivity index (χ0n) is 14.1. The minimum absolute atomic E-state index is 0.0671. The molecule has 0 heterocycles. The van der Waals surface area contributed by atoms with Gasteiger partial charge in [0.05, 0.1) is 13.5 Å². The highest BCUT2D eigenvalue weighted by Gasteiger charge is 2.07. The topological polar surface area (TPSA) is 55.8 Å². The SMILES string of the molecule is COc1ccc(-c2cccc(Oc3cccc(CC(=O)O)c3)c2)cc1F. The molecule has 0 unspecified atom stereocenters. The van der Waals surface area contributed by atoms with E-state index in [9.17, 15) is 9.18 Å². The third-order valence-electron chi connectivity index (χ3n) is 3.81. The second-order valence-electron chi connectivity index (χ2n) is 5.70. The maximum absolute atomic E-state index is 13.9. The number of methoxy groups -OCH3 is 1. The van der Waals surface area contributed by atoms with E-state index in [0.717, 1.165) is 5.56 Å². The molecule has 1 N–H and O–H groups in total. The zero-order chi connectivity index (χ0) is 18.5. The molecular formula is C21H17FO4. The number of hydrogen-bond acceptors (Lipinski definition) is 3. The molecule has 132 valence electrons. The van der Waals surface area contributed by atoms with Crippen LogP contribution in [0.1, 0.15) is 5.56 Å². The summed E-state index contributed by atoms with van der Waals surface area (Å²) in [5, 5.41) is 8.89. The van der Waals surface area contributed by atoms with Crippen molar-refractivity contribution in [3.8, 4) is 28.4 Å². The van der Waals surface area contributed by atoms with Gasteiger partial charge in [-0.15, -0.1) is 0 Å². The fraction of sp³-hybridized carbons (Fsp3) is 0.0952. The Balaban J connectivity index is 1.84. The third kappa shape index (κ3) is 4.19. The Morgan fingerprint density at radius 1 is 0.962 bits per heavy atom. The summed E-state index contributed by atoms with van der Waals surface area (Å²) in [6.45, 7) is 0. The van der Waals surface area contributed by atoms with Gasteiger partial charge in [-0.25, -0.2) is 4.39 Å². The van der Waals surface area contributed by atoms with Crippen molar-refractivity contribution in [1.29, 1.82) is 0 Å². The molecule has 3 aromatic carbocycles. The van der Waals surface area contributed by atoms with Crippen LogP contribution in [0.25, 0.3) is 11.1 Å². The Bertz CT molecular complexity index is 937. The van der Waals surface area contributed by atoms with Gasteiger partial charge in [-0.2, -0.15) is 0 Å². The summed E-state index contributed by atoms with van der Waals surface area (Å²) in [5.74, 6) is -0.0206. The molecule has 0 atom stereocenters. The van der Waals surface area contributed by atoms with Crippen LogP contribution in [0, 0.1) is 5.82 Å². The minimum atomic E-state index is -0.898. The van der Waals surface area contributed by atoms with Gasteiger partial charge >= 0.3 is 5.97 Å². The third-order valence-corrected chi connectivity index (χ3v) is 3.81. The summed E-state index contributed by atoms with van der Waals surface area (Å²) in [5.41, 5.74) is 2.16. The number of aliphatic carboxylic acids is 1. The van der Waals surface area contributed by atoms with Gasteiger partial charge in [0.2, 0.25) is 0 Å². The van der Waals surface area contributed by atoms with Crippen LogP contribution in [0.2, 0.25) is 0 Å². The van der Waals surface area contributed by atoms with Crippen LogP contribution in [0.15, 0.2) is 66.7 Å². The summed E-state index contributed by atoms with van der Waals surface area (Å²) >= 11 is 0. The van der Waals surface area contributed by atoms with E-state index in [1.54, 1.807) is 48.5 Å². The Labute approximate surface area is 150 Å². The lowest BCUT2D eigenvalue weighted by Crippen LogP contribution is -1.99. The number of benzene rings is 3. The molecule has 0 amide bonds. The number of ether oxygens (including phenoxy) is 2. The number of carbonyl (C=O) groups is 1. The maximum Gasteiger partial charge on any atom is 0.307 e. The van der Waals surface area contributed by atoms with Crippen molar-refractivity contribution in [2.75, 3.05) is 7.11 Å². The van der Waals surface area contributed by atoms with E-state index in [1.165, 1.54) is 13.2 Å². The van der Waals surface area contributed by atoms with Crippen LogP contribution in [-0.2, 0) is 11.2 Å². The molecule has 0 aliphatic rings. The number of carboxylic acid groups (broad SMARTS) is 1. The van der Waals surface area contributed by atoms with Crippen molar-refractivity contribution < 1.29 is 23.8 Å². The first-order valence-corrected chi connectivity index (χ1v) is 7.98. The molecule has 0 aromatic heterocycles. The molecule has 3 rings (SSSR count). The van der Waals surface area contributed by atoms with Crippen LogP contribution >= 0.6 is 0 Å². The van der Waals surface area contributed by atoms with Crippen LogP contribution < -0.4 is 9.47 Å². The summed E-state index contributed by atoms with van der Waals surface area (Å²) < 4.78 is 24.7. The minimum Gasteiger partial charge on any atom is -0.494 e. The summed E-state index contributed by atoms with van der Waals surface area (Å²) in [6, 6.07) is 18.9. The van der Waals surface area contributed by atoms with Crippen molar-refractivity contribution in [3.05, 3.63) is 78.1 Å². The average Bonchev–Trinajstić information content (AvgIpc) is 2.61. The molecule has 0 radical (unpaired) electrons. The first-order chi connectivity index (χ1) is 12.5. The number of halogens is 1. The van der Waals surface area contributed by atoms with Gasteiger partial charge in [0, 0.05) is 0 Å². The second-order valence-corrected chi connectivity index (χ2v) is 5.70. The average molecular weight is 352 g/mol. The van der Waals surface area contributed by atoms with Gasteiger partial charge in [-0.1, -0.05) is 30.3 Å². The van der Waals surface area contributed by atoms with Crippen molar-refractivity contribution in [2.45, 2.75) is 6.42 Å². The number of hydrogen-bond donors (Lipinski definition) is 1. The fourth-order valence-corrected chi connectivity index (χ4v) is 2.61. The lowest BCUT2D eigenvalue weighted by molar-refractivity contribution is -0.136. The van der Waals surface area contributed by atoms with Crippen molar-refractivity contribution >= 4 is 5.97 Å². The summed E-state index contributed by atoms with van der Waals surface area (Å²) in [4.78, 5) is 10.8. The molecule has 0 aliphatic carbocycles. The molecule has 5 heteroatoms. The van der Waals surface area contributed by atoms with Crippen LogP contribution in [0.3, 0.4) is 0 Å². The Kier molecular flexibility index (Phi) is 5.17. The van der Waals surface area contributed by atoms with Gasteiger partial charge < -0.3 is 14.6 Å². The largest absolute Gasteiger partial charge is 0.494 e. The molecule has 0 aliphatic heterocycles. The monoisotopic (exact) mass is 352 g/mol. The molecule has 4 nitrogen and oxygen atoms in total. The van der Waals surface area contributed by atoms with Crippen molar-refractivity contribution in [3.63, 3.8) is 0 Å². The molecule has 0 saturated heterocycles. The summed E-state index contributed by atoms with van der Waals surface area (Å²) in [7, 11) is 1.42. The Morgan fingerprint density at radius 2 is 1.65 bits per heavy atom. The molecular weight excluding hydrogens is 335 g/mol. The van der Waals surface area contributed by atoms with Crippen LogP contribution in [0.5, 0.6) is 17.2 Å². The first-order valence-electron chi connectivity index (χ1n) is 7.98. The summed E-state index contributed by atoms with van der Waals surface area (Å²) in [6.07, 6.45) is -0.0671. The lowest BCUT2D eigenvalue weighted by atomic mass is 10.1. The predicted molar refractivity (Wildman–Crippen MR) is 96.2 cm³/mol. The quantitative estimate of drug-likeness (QED) is 0.684. The van der Waals surface area contributed by atoms with Gasteiger partial charge in [-0.3, -0.25) is 4.79 Å². The lowest BCUT2D eigenvalue weighted by Gasteiger charge is -2.10.